The van der Waals surface area contributed by atoms with Gasteiger partial charge in [-0.05, 0) is 35.1 Å². The maximum absolute atomic E-state index is 12.6. The summed E-state index contributed by atoms with van der Waals surface area (Å²) < 4.78 is 50.3. The van der Waals surface area contributed by atoms with E-state index in [1.807, 2.05) is 0 Å². The summed E-state index contributed by atoms with van der Waals surface area (Å²) in [6.45, 7) is 0.756. The first kappa shape index (κ1) is 21.3. The first-order chi connectivity index (χ1) is 15.3. The molecule has 0 unspecified atom stereocenters. The zero-order valence-corrected chi connectivity index (χ0v) is 16.2. The van der Waals surface area contributed by atoms with Crippen LogP contribution in [-0.2, 0) is 24.1 Å². The van der Waals surface area contributed by atoms with Gasteiger partial charge in [0, 0.05) is 22.9 Å². The molecule has 1 aliphatic heterocycles. The molecule has 0 spiro atoms. The average Bonchev–Trinajstić information content (AvgIpc) is 3.20. The fourth-order valence-corrected chi connectivity index (χ4v) is 2.82. The highest BCUT2D eigenvalue weighted by atomic mass is 19.4. The molecule has 164 valence electrons. The average molecular weight is 445 g/mol. The lowest BCUT2D eigenvalue weighted by molar-refractivity contribution is -0.389. The Bertz CT molecular complexity index is 1180. The molecule has 0 saturated carbocycles. The predicted molar refractivity (Wildman–Crippen MR) is 102 cm³/mol. The number of hydrogen-bond donors (Lipinski definition) is 0. The van der Waals surface area contributed by atoms with E-state index in [1.54, 1.807) is 12.1 Å². The maximum Gasteiger partial charge on any atom is 0.417 e. The third-order valence-electron chi connectivity index (χ3n) is 4.43. The minimum atomic E-state index is -4.44. The van der Waals surface area contributed by atoms with Crippen molar-refractivity contribution in [3.8, 4) is 17.9 Å². The van der Waals surface area contributed by atoms with Gasteiger partial charge in [-0.2, -0.15) is 13.2 Å². The van der Waals surface area contributed by atoms with E-state index in [4.69, 9.17) is 9.47 Å². The van der Waals surface area contributed by atoms with Gasteiger partial charge >= 0.3 is 18.0 Å². The van der Waals surface area contributed by atoms with Gasteiger partial charge < -0.3 is 19.6 Å². The number of fused-ring (bicyclic) bond motifs is 1. The van der Waals surface area contributed by atoms with Gasteiger partial charge in [-0.1, -0.05) is 5.92 Å². The Morgan fingerprint density at radius 3 is 2.72 bits per heavy atom. The van der Waals surface area contributed by atoms with Crippen molar-refractivity contribution in [2.75, 3.05) is 6.61 Å². The van der Waals surface area contributed by atoms with Gasteiger partial charge in [0.1, 0.15) is 24.6 Å². The molecule has 9 nitrogen and oxygen atoms in total. The van der Waals surface area contributed by atoms with E-state index in [2.05, 4.69) is 26.8 Å². The van der Waals surface area contributed by atoms with Gasteiger partial charge in [0.15, 0.2) is 0 Å². The summed E-state index contributed by atoms with van der Waals surface area (Å²) in [6, 6.07) is 5.73. The molecule has 0 radical (unpaired) electrons. The lowest BCUT2D eigenvalue weighted by atomic mass is 10.2. The molecule has 3 aromatic rings. The summed E-state index contributed by atoms with van der Waals surface area (Å²) in [5.74, 6) is 5.19. The molecule has 32 heavy (non-hydrogen) atoms. The summed E-state index contributed by atoms with van der Waals surface area (Å²) in [5.41, 5.74) is 0.569. The SMILES string of the molecule is O=[N+]([O-])c1cn2c(n1)OC[C@@H](OCc1ccc(C#Cc3ccc(C(F)(F)F)cn3)cn1)C2. The molecular formula is C20H14F3N5O4. The highest BCUT2D eigenvalue weighted by molar-refractivity contribution is 5.39. The van der Waals surface area contributed by atoms with Crippen LogP contribution in [0.25, 0.3) is 0 Å². The molecular weight excluding hydrogens is 431 g/mol. The second kappa shape index (κ2) is 8.64. The number of nitro groups is 1. The van der Waals surface area contributed by atoms with Crippen molar-refractivity contribution in [1.29, 1.82) is 0 Å². The Labute approximate surface area is 179 Å². The molecule has 0 aliphatic carbocycles. The largest absolute Gasteiger partial charge is 0.443 e. The van der Waals surface area contributed by atoms with Gasteiger partial charge in [0.05, 0.1) is 24.4 Å². The van der Waals surface area contributed by atoms with Crippen LogP contribution in [0.4, 0.5) is 19.0 Å². The van der Waals surface area contributed by atoms with Crippen molar-refractivity contribution in [2.45, 2.75) is 25.4 Å². The van der Waals surface area contributed by atoms with Crippen LogP contribution in [0.1, 0.15) is 22.5 Å². The number of rotatable bonds is 4. The molecule has 0 aromatic carbocycles. The van der Waals surface area contributed by atoms with E-state index < -0.39 is 16.7 Å². The molecule has 0 N–H and O–H groups in total. The molecule has 12 heteroatoms. The quantitative estimate of drug-likeness (QED) is 0.345. The predicted octanol–water partition coefficient (Wildman–Crippen LogP) is 2.98. The third-order valence-corrected chi connectivity index (χ3v) is 4.43. The lowest BCUT2D eigenvalue weighted by Crippen LogP contribution is -2.32. The summed E-state index contributed by atoms with van der Waals surface area (Å²) >= 11 is 0. The second-order valence-corrected chi connectivity index (χ2v) is 6.75. The van der Waals surface area contributed by atoms with Crippen LogP contribution in [0.5, 0.6) is 6.01 Å². The topological polar surface area (TPSA) is 105 Å². The number of pyridine rings is 2. The number of ether oxygens (including phenoxy) is 2. The van der Waals surface area contributed by atoms with Crippen LogP contribution in [-0.4, -0.2) is 37.2 Å². The number of halogens is 3. The van der Waals surface area contributed by atoms with Crippen LogP contribution >= 0.6 is 0 Å². The molecule has 1 aliphatic rings. The second-order valence-electron chi connectivity index (χ2n) is 6.75. The van der Waals surface area contributed by atoms with E-state index in [0.29, 0.717) is 17.8 Å². The van der Waals surface area contributed by atoms with Gasteiger partial charge in [0.2, 0.25) is 0 Å². The standard InChI is InChI=1S/C20H14F3N5O4/c21-20(22,23)14-3-6-15(25-8-14)4-1-13-2-5-16(24-7-13)11-31-17-9-27-10-18(28(29)30)26-19(27)32-12-17/h2-3,5-8,10,17H,9,11-12H2/t17-/m0/s1. The Hall–Kier alpha value is -3.98. The zero-order chi connectivity index (χ0) is 22.7. The summed E-state index contributed by atoms with van der Waals surface area (Å²) in [4.78, 5) is 21.9. The Morgan fingerprint density at radius 1 is 1.22 bits per heavy atom. The van der Waals surface area contributed by atoms with E-state index >= 15 is 0 Å². The van der Waals surface area contributed by atoms with E-state index in [9.17, 15) is 23.3 Å². The summed E-state index contributed by atoms with van der Waals surface area (Å²) in [6.07, 6.45) is -1.22. The van der Waals surface area contributed by atoms with Crippen molar-refractivity contribution in [1.82, 2.24) is 19.5 Å². The number of imidazole rings is 1. The van der Waals surface area contributed by atoms with Crippen molar-refractivity contribution >= 4 is 5.82 Å². The fraction of sp³-hybridized carbons (Fsp3) is 0.250. The minimum absolute atomic E-state index is 0.181. The maximum atomic E-state index is 12.6. The summed E-state index contributed by atoms with van der Waals surface area (Å²) in [5, 5.41) is 10.8. The zero-order valence-electron chi connectivity index (χ0n) is 16.2. The first-order valence-corrected chi connectivity index (χ1v) is 9.24. The lowest BCUT2D eigenvalue weighted by Gasteiger charge is -2.22. The van der Waals surface area contributed by atoms with Gasteiger partial charge in [-0.3, -0.25) is 9.55 Å². The third kappa shape index (κ3) is 5.01. The smallest absolute Gasteiger partial charge is 0.417 e. The molecule has 4 heterocycles. The van der Waals surface area contributed by atoms with E-state index in [1.165, 1.54) is 23.0 Å². The van der Waals surface area contributed by atoms with Crippen LogP contribution in [0.15, 0.2) is 42.9 Å². The van der Waals surface area contributed by atoms with Gasteiger partial charge in [-0.25, -0.2) is 4.98 Å². The molecule has 0 amide bonds. The number of nitrogens with zero attached hydrogens (tertiary/aromatic N) is 5. The molecule has 0 fully saturated rings. The highest BCUT2D eigenvalue weighted by Gasteiger charge is 2.30. The van der Waals surface area contributed by atoms with Crippen LogP contribution in [0, 0.1) is 22.0 Å². The monoisotopic (exact) mass is 445 g/mol. The summed E-state index contributed by atoms with van der Waals surface area (Å²) in [7, 11) is 0. The number of alkyl halides is 3. The van der Waals surface area contributed by atoms with Crippen LogP contribution < -0.4 is 4.74 Å². The minimum Gasteiger partial charge on any atom is -0.443 e. The number of aromatic nitrogens is 4. The molecule has 3 aromatic heterocycles. The Morgan fingerprint density at radius 2 is 2.06 bits per heavy atom. The van der Waals surface area contributed by atoms with E-state index in [-0.39, 0.29) is 36.8 Å². The van der Waals surface area contributed by atoms with Crippen LogP contribution in [0.2, 0.25) is 0 Å². The van der Waals surface area contributed by atoms with Crippen molar-refractivity contribution in [3.63, 3.8) is 0 Å². The van der Waals surface area contributed by atoms with Gasteiger partial charge in [-0.15, -0.1) is 0 Å². The van der Waals surface area contributed by atoms with Crippen molar-refractivity contribution < 1.29 is 27.6 Å². The van der Waals surface area contributed by atoms with Gasteiger partial charge in [0.25, 0.3) is 0 Å². The molecule has 4 rings (SSSR count). The van der Waals surface area contributed by atoms with E-state index in [0.717, 1.165) is 12.3 Å². The molecule has 0 bridgehead atoms. The van der Waals surface area contributed by atoms with Crippen LogP contribution in [0.3, 0.4) is 0 Å². The molecule has 0 saturated heterocycles. The molecule has 1 atom stereocenters. The highest BCUT2D eigenvalue weighted by Crippen LogP contribution is 2.28. The van der Waals surface area contributed by atoms with Crippen molar-refractivity contribution in [2.24, 2.45) is 0 Å². The van der Waals surface area contributed by atoms with Crippen molar-refractivity contribution in [3.05, 3.63) is 75.5 Å². The number of hydrogen-bond acceptors (Lipinski definition) is 7. The Kier molecular flexibility index (Phi) is 5.74. The fourth-order valence-electron chi connectivity index (χ4n) is 2.82. The normalized spacial score (nSPS) is 15.3. The Balaban J connectivity index is 1.32. The first-order valence-electron chi connectivity index (χ1n) is 9.24.